The Bertz CT molecular complexity index is 302. The molecule has 104 valence electrons. The highest BCUT2D eigenvalue weighted by molar-refractivity contribution is 5.80. The van der Waals surface area contributed by atoms with Crippen molar-refractivity contribution in [2.75, 3.05) is 20.2 Å². The molecule has 1 saturated carbocycles. The number of likely N-dealkylation sites (tertiary alicyclic amines) is 1. The number of nitrogens with zero attached hydrogens (tertiary/aromatic N) is 1. The first-order valence-electron chi connectivity index (χ1n) is 7.15. The molecule has 0 aromatic rings. The topological polar surface area (TPSA) is 55.6 Å². The molecule has 2 aliphatic rings. The maximum atomic E-state index is 12.0. The second-order valence-corrected chi connectivity index (χ2v) is 6.14. The van der Waals surface area contributed by atoms with E-state index in [2.05, 4.69) is 4.90 Å². The SMILES string of the molecule is COC(=O)C1(C)C[C@H](N)CN1CC1CCCCC1. The minimum atomic E-state index is -0.508. The van der Waals surface area contributed by atoms with Gasteiger partial charge in [-0.15, -0.1) is 0 Å². The molecule has 0 amide bonds. The van der Waals surface area contributed by atoms with Crippen LogP contribution in [0.15, 0.2) is 0 Å². The summed E-state index contributed by atoms with van der Waals surface area (Å²) in [6.45, 7) is 3.80. The predicted molar refractivity (Wildman–Crippen MR) is 71.2 cm³/mol. The maximum absolute atomic E-state index is 12.0. The fourth-order valence-electron chi connectivity index (χ4n) is 3.58. The third-order valence-electron chi connectivity index (χ3n) is 4.64. The van der Waals surface area contributed by atoms with Gasteiger partial charge in [-0.25, -0.2) is 0 Å². The van der Waals surface area contributed by atoms with Crippen LogP contribution in [0, 0.1) is 5.92 Å². The van der Waals surface area contributed by atoms with Crippen molar-refractivity contribution >= 4 is 5.97 Å². The summed E-state index contributed by atoms with van der Waals surface area (Å²) in [5, 5.41) is 0. The first-order valence-corrected chi connectivity index (χ1v) is 7.15. The Morgan fingerprint density at radius 2 is 2.06 bits per heavy atom. The molecule has 2 rings (SSSR count). The zero-order chi connectivity index (χ0) is 13.2. The van der Waals surface area contributed by atoms with Crippen molar-refractivity contribution < 1.29 is 9.53 Å². The zero-order valence-electron chi connectivity index (χ0n) is 11.7. The van der Waals surface area contributed by atoms with Gasteiger partial charge in [-0.1, -0.05) is 19.3 Å². The van der Waals surface area contributed by atoms with E-state index in [1.165, 1.54) is 39.2 Å². The van der Waals surface area contributed by atoms with E-state index in [0.29, 0.717) is 6.42 Å². The van der Waals surface area contributed by atoms with Crippen LogP contribution >= 0.6 is 0 Å². The largest absolute Gasteiger partial charge is 0.468 e. The maximum Gasteiger partial charge on any atom is 0.326 e. The second kappa shape index (κ2) is 5.57. The second-order valence-electron chi connectivity index (χ2n) is 6.14. The van der Waals surface area contributed by atoms with Gasteiger partial charge in [0.15, 0.2) is 0 Å². The van der Waals surface area contributed by atoms with Gasteiger partial charge in [0.05, 0.1) is 7.11 Å². The number of hydrogen-bond acceptors (Lipinski definition) is 4. The van der Waals surface area contributed by atoms with Crippen LogP contribution in [0.5, 0.6) is 0 Å². The first kappa shape index (κ1) is 13.8. The summed E-state index contributed by atoms with van der Waals surface area (Å²) in [7, 11) is 1.47. The molecule has 2 atom stereocenters. The minimum absolute atomic E-state index is 0.0951. The molecule has 0 spiro atoms. The van der Waals surface area contributed by atoms with E-state index in [4.69, 9.17) is 10.5 Å². The molecule has 18 heavy (non-hydrogen) atoms. The third kappa shape index (κ3) is 2.69. The third-order valence-corrected chi connectivity index (χ3v) is 4.64. The Labute approximate surface area is 110 Å². The molecule has 1 saturated heterocycles. The van der Waals surface area contributed by atoms with Gasteiger partial charge in [-0.2, -0.15) is 0 Å². The molecular weight excluding hydrogens is 228 g/mol. The lowest BCUT2D eigenvalue weighted by atomic mass is 9.88. The smallest absolute Gasteiger partial charge is 0.326 e. The van der Waals surface area contributed by atoms with Crippen LogP contribution in [0.1, 0.15) is 45.4 Å². The van der Waals surface area contributed by atoms with Crippen LogP contribution in [0.4, 0.5) is 0 Å². The van der Waals surface area contributed by atoms with Gasteiger partial charge in [0.2, 0.25) is 0 Å². The molecule has 4 nitrogen and oxygen atoms in total. The van der Waals surface area contributed by atoms with Crippen LogP contribution in [-0.2, 0) is 9.53 Å². The lowest BCUT2D eigenvalue weighted by Gasteiger charge is -2.35. The molecular formula is C14H26N2O2. The average Bonchev–Trinajstić information content (AvgIpc) is 2.65. The number of methoxy groups -OCH3 is 1. The molecule has 1 aliphatic heterocycles. The Morgan fingerprint density at radius 1 is 1.39 bits per heavy atom. The summed E-state index contributed by atoms with van der Waals surface area (Å²) in [6, 6.07) is 0.0951. The van der Waals surface area contributed by atoms with E-state index in [1.54, 1.807) is 0 Å². The van der Waals surface area contributed by atoms with Crippen molar-refractivity contribution in [3.63, 3.8) is 0 Å². The summed E-state index contributed by atoms with van der Waals surface area (Å²) in [6.07, 6.45) is 7.33. The molecule has 1 unspecified atom stereocenters. The molecule has 2 fully saturated rings. The standard InChI is InChI=1S/C14H26N2O2/c1-14(13(17)18-2)8-12(15)10-16(14)9-11-6-4-3-5-7-11/h11-12H,3-10,15H2,1-2H3/t12-,14?/m0/s1. The molecule has 1 aliphatic carbocycles. The summed E-state index contributed by atoms with van der Waals surface area (Å²) < 4.78 is 4.97. The molecule has 0 radical (unpaired) electrons. The van der Waals surface area contributed by atoms with Crippen molar-refractivity contribution in [2.24, 2.45) is 11.7 Å². The molecule has 1 heterocycles. The fraction of sp³-hybridized carbons (Fsp3) is 0.929. The highest BCUT2D eigenvalue weighted by atomic mass is 16.5. The van der Waals surface area contributed by atoms with Crippen LogP contribution in [0.3, 0.4) is 0 Å². The zero-order valence-corrected chi connectivity index (χ0v) is 11.7. The van der Waals surface area contributed by atoms with Gasteiger partial charge in [-0.3, -0.25) is 9.69 Å². The number of nitrogens with two attached hydrogens (primary N) is 1. The summed E-state index contributed by atoms with van der Waals surface area (Å²) >= 11 is 0. The average molecular weight is 254 g/mol. The van der Waals surface area contributed by atoms with E-state index in [1.807, 2.05) is 6.92 Å². The number of rotatable bonds is 3. The van der Waals surface area contributed by atoms with Crippen molar-refractivity contribution in [3.8, 4) is 0 Å². The van der Waals surface area contributed by atoms with Crippen molar-refractivity contribution in [1.29, 1.82) is 0 Å². The highest BCUT2D eigenvalue weighted by Gasteiger charge is 2.47. The van der Waals surface area contributed by atoms with Crippen molar-refractivity contribution in [2.45, 2.75) is 57.0 Å². The molecule has 0 bridgehead atoms. The molecule has 0 aromatic carbocycles. The van der Waals surface area contributed by atoms with Gasteiger partial charge in [0.1, 0.15) is 5.54 Å². The number of carbonyl (C=O) groups excluding carboxylic acids is 1. The van der Waals surface area contributed by atoms with Crippen LogP contribution in [0.2, 0.25) is 0 Å². The number of ether oxygens (including phenoxy) is 1. The Kier molecular flexibility index (Phi) is 4.28. The van der Waals surface area contributed by atoms with Gasteiger partial charge < -0.3 is 10.5 Å². The summed E-state index contributed by atoms with van der Waals surface area (Å²) in [5.41, 5.74) is 5.54. The highest BCUT2D eigenvalue weighted by Crippen LogP contribution is 2.33. The number of hydrogen-bond donors (Lipinski definition) is 1. The molecule has 2 N–H and O–H groups in total. The van der Waals surface area contributed by atoms with Crippen molar-refractivity contribution in [3.05, 3.63) is 0 Å². The van der Waals surface area contributed by atoms with E-state index in [-0.39, 0.29) is 12.0 Å². The van der Waals surface area contributed by atoms with E-state index in [0.717, 1.165) is 19.0 Å². The minimum Gasteiger partial charge on any atom is -0.468 e. The van der Waals surface area contributed by atoms with Crippen LogP contribution < -0.4 is 5.73 Å². The summed E-state index contributed by atoms with van der Waals surface area (Å²) in [4.78, 5) is 14.3. The first-order chi connectivity index (χ1) is 8.56. The molecule has 4 heteroatoms. The number of carbonyl (C=O) groups is 1. The Hall–Kier alpha value is -0.610. The number of esters is 1. The monoisotopic (exact) mass is 254 g/mol. The normalized spacial score (nSPS) is 34.7. The lowest BCUT2D eigenvalue weighted by Crippen LogP contribution is -2.50. The quantitative estimate of drug-likeness (QED) is 0.776. The van der Waals surface area contributed by atoms with Crippen LogP contribution in [-0.4, -0.2) is 42.6 Å². The molecule has 0 aromatic heterocycles. The predicted octanol–water partition coefficient (Wildman–Crippen LogP) is 1.53. The van der Waals surface area contributed by atoms with E-state index in [9.17, 15) is 4.79 Å². The van der Waals surface area contributed by atoms with Crippen LogP contribution in [0.25, 0.3) is 0 Å². The van der Waals surface area contributed by atoms with Gasteiger partial charge in [0.25, 0.3) is 0 Å². The van der Waals surface area contributed by atoms with Gasteiger partial charge in [0, 0.05) is 19.1 Å². The van der Waals surface area contributed by atoms with E-state index < -0.39 is 5.54 Å². The van der Waals surface area contributed by atoms with Crippen molar-refractivity contribution in [1.82, 2.24) is 4.90 Å². The Morgan fingerprint density at radius 3 is 2.67 bits per heavy atom. The van der Waals surface area contributed by atoms with Gasteiger partial charge in [-0.05, 0) is 32.1 Å². The Balaban J connectivity index is 2.02. The summed E-state index contributed by atoms with van der Waals surface area (Å²) in [5.74, 6) is 0.597. The fourth-order valence-corrected chi connectivity index (χ4v) is 3.58. The lowest BCUT2D eigenvalue weighted by molar-refractivity contribution is -0.152. The van der Waals surface area contributed by atoms with E-state index >= 15 is 0 Å². The van der Waals surface area contributed by atoms with Gasteiger partial charge >= 0.3 is 5.97 Å².